The van der Waals surface area contributed by atoms with Crippen LogP contribution in [0, 0.1) is 5.82 Å². The summed E-state index contributed by atoms with van der Waals surface area (Å²) in [5.41, 5.74) is 0.970. The number of halogens is 2. The minimum Gasteiger partial charge on any atom is -0.466 e. The van der Waals surface area contributed by atoms with Crippen LogP contribution in [0.1, 0.15) is 37.1 Å². The van der Waals surface area contributed by atoms with Crippen molar-refractivity contribution in [3.8, 4) is 0 Å². The average Bonchev–Trinajstić information content (AvgIpc) is 2.93. The molecule has 0 fully saturated rings. The van der Waals surface area contributed by atoms with Gasteiger partial charge in [0, 0.05) is 17.5 Å². The number of pyridine rings is 1. The lowest BCUT2D eigenvalue weighted by Gasteiger charge is -2.28. The smallest absolute Gasteiger partial charge is 0.337 e. The molecule has 25 heavy (non-hydrogen) atoms. The molecule has 2 aliphatic rings. The predicted octanol–water partition coefficient (Wildman–Crippen LogP) is 2.20. The summed E-state index contributed by atoms with van der Waals surface area (Å²) in [6.07, 6.45) is 0.498. The first-order valence-electron chi connectivity index (χ1n) is 7.60. The van der Waals surface area contributed by atoms with Gasteiger partial charge in [-0.15, -0.1) is 0 Å². The van der Waals surface area contributed by atoms with Crippen molar-refractivity contribution in [2.75, 3.05) is 13.7 Å². The number of methoxy groups -OCH3 is 1. The Morgan fingerprint density at radius 2 is 2.20 bits per heavy atom. The van der Waals surface area contributed by atoms with Crippen molar-refractivity contribution in [1.29, 1.82) is 0 Å². The molecule has 3 rings (SSSR count). The van der Waals surface area contributed by atoms with E-state index in [0.29, 0.717) is 11.4 Å². The van der Waals surface area contributed by atoms with Crippen LogP contribution in [-0.4, -0.2) is 30.6 Å². The van der Waals surface area contributed by atoms with Gasteiger partial charge < -0.3 is 14.8 Å². The third kappa shape index (κ3) is 2.67. The number of nitrogens with zero attached hydrogens (tertiary/aromatic N) is 1. The van der Waals surface area contributed by atoms with Crippen LogP contribution in [0.5, 0.6) is 0 Å². The SMILES string of the molecule is COC(=O)C1=C(C)NC2=C(C(=O)OC2)[C@@H]1c1cncc(F)c1[C@@H](C)F. The molecule has 2 aliphatic heterocycles. The number of nitrogens with one attached hydrogen (secondary N) is 1. The molecule has 3 heterocycles. The number of rotatable bonds is 3. The highest BCUT2D eigenvalue weighted by Crippen LogP contribution is 2.44. The number of hydrogen-bond donors (Lipinski definition) is 1. The lowest BCUT2D eigenvalue weighted by molar-refractivity contribution is -0.136. The highest BCUT2D eigenvalue weighted by atomic mass is 19.1. The number of allylic oxidation sites excluding steroid dienone is 1. The molecule has 2 atom stereocenters. The lowest BCUT2D eigenvalue weighted by atomic mass is 9.79. The maximum Gasteiger partial charge on any atom is 0.337 e. The van der Waals surface area contributed by atoms with Crippen molar-refractivity contribution in [2.45, 2.75) is 25.9 Å². The van der Waals surface area contributed by atoms with Gasteiger partial charge in [-0.05, 0) is 19.4 Å². The van der Waals surface area contributed by atoms with Gasteiger partial charge in [-0.2, -0.15) is 0 Å². The second-order valence-corrected chi connectivity index (χ2v) is 5.80. The molecule has 1 aromatic heterocycles. The summed E-state index contributed by atoms with van der Waals surface area (Å²) in [4.78, 5) is 28.3. The van der Waals surface area contributed by atoms with E-state index in [1.807, 2.05) is 0 Å². The Bertz CT molecular complexity index is 830. The molecule has 1 aromatic rings. The molecular weight excluding hydrogens is 334 g/mol. The van der Waals surface area contributed by atoms with E-state index in [4.69, 9.17) is 9.47 Å². The van der Waals surface area contributed by atoms with Crippen molar-refractivity contribution in [2.24, 2.45) is 0 Å². The largest absolute Gasteiger partial charge is 0.466 e. The Labute approximate surface area is 142 Å². The van der Waals surface area contributed by atoms with Crippen LogP contribution < -0.4 is 5.32 Å². The van der Waals surface area contributed by atoms with Gasteiger partial charge in [0.15, 0.2) is 0 Å². The summed E-state index contributed by atoms with van der Waals surface area (Å²) < 4.78 is 38.2. The number of dihydropyridines is 1. The maximum absolute atomic E-state index is 14.2. The average molecular weight is 350 g/mol. The minimum absolute atomic E-state index is 0.000282. The second kappa shape index (κ2) is 6.27. The number of alkyl halides is 1. The Morgan fingerprint density at radius 1 is 1.48 bits per heavy atom. The van der Waals surface area contributed by atoms with E-state index in [-0.39, 0.29) is 28.9 Å². The molecule has 1 N–H and O–H groups in total. The first-order chi connectivity index (χ1) is 11.9. The summed E-state index contributed by atoms with van der Waals surface area (Å²) >= 11 is 0. The first-order valence-corrected chi connectivity index (χ1v) is 7.60. The van der Waals surface area contributed by atoms with E-state index in [2.05, 4.69) is 10.3 Å². The van der Waals surface area contributed by atoms with Crippen LogP contribution in [0.4, 0.5) is 8.78 Å². The van der Waals surface area contributed by atoms with E-state index in [9.17, 15) is 18.4 Å². The molecule has 0 bridgehead atoms. The maximum atomic E-state index is 14.2. The molecular formula is C17H16F2N2O4. The van der Waals surface area contributed by atoms with E-state index in [1.165, 1.54) is 20.2 Å². The fourth-order valence-electron chi connectivity index (χ4n) is 3.27. The number of carbonyl (C=O) groups is 2. The van der Waals surface area contributed by atoms with E-state index in [1.54, 1.807) is 6.92 Å². The fraction of sp³-hybridized carbons (Fsp3) is 0.353. The van der Waals surface area contributed by atoms with Gasteiger partial charge in [-0.25, -0.2) is 18.4 Å². The summed E-state index contributed by atoms with van der Waals surface area (Å²) in [5.74, 6) is -3.22. The molecule has 0 amide bonds. The molecule has 6 nitrogen and oxygen atoms in total. The van der Waals surface area contributed by atoms with Gasteiger partial charge in [0.1, 0.15) is 18.6 Å². The lowest BCUT2D eigenvalue weighted by Crippen LogP contribution is -2.30. The molecule has 8 heteroatoms. The molecule has 0 aromatic carbocycles. The van der Waals surface area contributed by atoms with Crippen LogP contribution in [-0.2, 0) is 19.1 Å². The summed E-state index contributed by atoms with van der Waals surface area (Å²) in [6.45, 7) is 2.80. The Kier molecular flexibility index (Phi) is 4.28. The zero-order valence-electron chi connectivity index (χ0n) is 13.9. The van der Waals surface area contributed by atoms with Gasteiger partial charge in [0.05, 0.1) is 36.1 Å². The Morgan fingerprint density at radius 3 is 2.84 bits per heavy atom. The summed E-state index contributed by atoms with van der Waals surface area (Å²) in [7, 11) is 1.19. The minimum atomic E-state index is -1.66. The van der Waals surface area contributed by atoms with Crippen LogP contribution in [0.15, 0.2) is 34.9 Å². The van der Waals surface area contributed by atoms with E-state index < -0.39 is 29.8 Å². The fourth-order valence-corrected chi connectivity index (χ4v) is 3.27. The number of aromatic nitrogens is 1. The highest BCUT2D eigenvalue weighted by Gasteiger charge is 2.43. The van der Waals surface area contributed by atoms with Gasteiger partial charge in [0.2, 0.25) is 0 Å². The number of esters is 2. The molecule has 0 saturated carbocycles. The first kappa shape index (κ1) is 17.1. The molecule has 0 saturated heterocycles. The normalized spacial score (nSPS) is 20.8. The monoisotopic (exact) mass is 350 g/mol. The van der Waals surface area contributed by atoms with Crippen LogP contribution >= 0.6 is 0 Å². The van der Waals surface area contributed by atoms with Gasteiger partial charge in [0.25, 0.3) is 0 Å². The van der Waals surface area contributed by atoms with Crippen molar-refractivity contribution >= 4 is 11.9 Å². The molecule has 132 valence electrons. The molecule has 0 spiro atoms. The predicted molar refractivity (Wildman–Crippen MR) is 82.3 cm³/mol. The molecule has 0 aliphatic carbocycles. The number of hydrogen-bond acceptors (Lipinski definition) is 6. The summed E-state index contributed by atoms with van der Waals surface area (Å²) in [5, 5.41) is 2.94. The Balaban J connectivity index is 2.28. The van der Waals surface area contributed by atoms with Crippen LogP contribution in [0.3, 0.4) is 0 Å². The quantitative estimate of drug-likeness (QED) is 0.842. The van der Waals surface area contributed by atoms with E-state index in [0.717, 1.165) is 6.20 Å². The zero-order chi connectivity index (χ0) is 18.3. The van der Waals surface area contributed by atoms with Gasteiger partial charge in [-0.1, -0.05) is 0 Å². The number of carbonyl (C=O) groups excluding carboxylic acids is 2. The van der Waals surface area contributed by atoms with Crippen molar-refractivity contribution in [1.82, 2.24) is 10.3 Å². The van der Waals surface area contributed by atoms with Crippen molar-refractivity contribution < 1.29 is 27.8 Å². The molecule has 0 radical (unpaired) electrons. The summed E-state index contributed by atoms with van der Waals surface area (Å²) in [6, 6.07) is 0. The van der Waals surface area contributed by atoms with Crippen LogP contribution in [0.2, 0.25) is 0 Å². The number of cyclic esters (lactones) is 1. The third-order valence-electron chi connectivity index (χ3n) is 4.30. The van der Waals surface area contributed by atoms with Gasteiger partial charge >= 0.3 is 11.9 Å². The van der Waals surface area contributed by atoms with Crippen LogP contribution in [0.25, 0.3) is 0 Å². The zero-order valence-corrected chi connectivity index (χ0v) is 13.9. The molecule has 0 unspecified atom stereocenters. The van der Waals surface area contributed by atoms with Crippen molar-refractivity contribution in [3.63, 3.8) is 0 Å². The Hall–Kier alpha value is -2.77. The van der Waals surface area contributed by atoms with Crippen molar-refractivity contribution in [3.05, 3.63) is 51.9 Å². The number of ether oxygens (including phenoxy) is 2. The topological polar surface area (TPSA) is 77.5 Å². The highest BCUT2D eigenvalue weighted by molar-refractivity contribution is 6.01. The van der Waals surface area contributed by atoms with E-state index >= 15 is 0 Å². The van der Waals surface area contributed by atoms with Gasteiger partial charge in [-0.3, -0.25) is 4.98 Å². The standard InChI is InChI=1S/C17H16F2N2O4/c1-7(18)12-9(4-20-5-10(12)19)14-13(16(22)24-3)8(2)21-11-6-25-17(23)15(11)14/h4-5,7,14,21H,6H2,1-3H3/t7-,14-/m1/s1. The second-order valence-electron chi connectivity index (χ2n) is 5.80. The third-order valence-corrected chi connectivity index (χ3v) is 4.30.